The van der Waals surface area contributed by atoms with Gasteiger partial charge in [0.05, 0.1) is 0 Å². The summed E-state index contributed by atoms with van der Waals surface area (Å²) < 4.78 is 0. The topological polar surface area (TPSA) is 29.0 Å². The largest absolute Gasteiger partial charge is 0.301 e. The number of aromatic nitrogens is 2. The molecule has 3 heteroatoms. The molecule has 0 N–H and O–H groups in total. The van der Waals surface area contributed by atoms with Crippen LogP contribution in [0.3, 0.4) is 0 Å². The van der Waals surface area contributed by atoms with E-state index in [-0.39, 0.29) is 0 Å². The molecule has 1 saturated heterocycles. The molecule has 17 heavy (non-hydrogen) atoms. The first-order valence-corrected chi connectivity index (χ1v) is 6.62. The lowest BCUT2D eigenvalue weighted by atomic mass is 9.95. The first-order valence-electron chi connectivity index (χ1n) is 6.62. The molecule has 1 aliphatic rings. The van der Waals surface area contributed by atoms with E-state index in [9.17, 15) is 0 Å². The zero-order valence-electron chi connectivity index (χ0n) is 11.4. The minimum Gasteiger partial charge on any atom is -0.301 e. The first-order chi connectivity index (χ1) is 8.08. The molecular weight excluding hydrogens is 210 g/mol. The molecule has 1 fully saturated rings. The lowest BCUT2D eigenvalue weighted by Gasteiger charge is -2.34. The predicted molar refractivity (Wildman–Crippen MR) is 70.2 cm³/mol. The fourth-order valence-corrected chi connectivity index (χ4v) is 2.42. The van der Waals surface area contributed by atoms with Crippen LogP contribution in [0.15, 0.2) is 6.20 Å². The van der Waals surface area contributed by atoms with Gasteiger partial charge in [0.1, 0.15) is 5.82 Å². The van der Waals surface area contributed by atoms with E-state index in [4.69, 9.17) is 0 Å². The van der Waals surface area contributed by atoms with Crippen LogP contribution < -0.4 is 0 Å². The van der Waals surface area contributed by atoms with E-state index in [1.54, 1.807) is 0 Å². The SMILES string of the molecule is Cc1cnc(C2CCN(C(C)C)CC2)nc1C. The van der Waals surface area contributed by atoms with Crippen LogP contribution in [-0.4, -0.2) is 34.0 Å². The van der Waals surface area contributed by atoms with E-state index < -0.39 is 0 Å². The molecule has 0 amide bonds. The van der Waals surface area contributed by atoms with Crippen LogP contribution in [0.4, 0.5) is 0 Å². The van der Waals surface area contributed by atoms with Gasteiger partial charge in [-0.05, 0) is 59.2 Å². The lowest BCUT2D eigenvalue weighted by molar-refractivity contribution is 0.169. The van der Waals surface area contributed by atoms with Gasteiger partial charge in [-0.1, -0.05) is 0 Å². The second-order valence-electron chi connectivity index (χ2n) is 5.40. The van der Waals surface area contributed by atoms with Crippen molar-refractivity contribution in [1.82, 2.24) is 14.9 Å². The average Bonchev–Trinajstić information content (AvgIpc) is 2.33. The van der Waals surface area contributed by atoms with Crippen molar-refractivity contribution in [3.63, 3.8) is 0 Å². The molecule has 0 unspecified atom stereocenters. The fourth-order valence-electron chi connectivity index (χ4n) is 2.42. The second-order valence-corrected chi connectivity index (χ2v) is 5.40. The molecule has 0 aromatic carbocycles. The van der Waals surface area contributed by atoms with Gasteiger partial charge in [-0.3, -0.25) is 0 Å². The molecule has 0 bridgehead atoms. The molecule has 0 spiro atoms. The Bertz CT molecular complexity index is 379. The Morgan fingerprint density at radius 1 is 1.24 bits per heavy atom. The Labute approximate surface area is 104 Å². The third-order valence-corrected chi connectivity index (χ3v) is 3.87. The van der Waals surface area contributed by atoms with Crippen LogP contribution >= 0.6 is 0 Å². The maximum absolute atomic E-state index is 4.64. The van der Waals surface area contributed by atoms with E-state index >= 15 is 0 Å². The normalized spacial score (nSPS) is 18.9. The lowest BCUT2D eigenvalue weighted by Crippen LogP contribution is -2.38. The van der Waals surface area contributed by atoms with Gasteiger partial charge in [0.2, 0.25) is 0 Å². The molecule has 0 radical (unpaired) electrons. The van der Waals surface area contributed by atoms with E-state index in [1.807, 2.05) is 6.20 Å². The summed E-state index contributed by atoms with van der Waals surface area (Å²) in [6, 6.07) is 0.664. The summed E-state index contributed by atoms with van der Waals surface area (Å²) in [7, 11) is 0. The van der Waals surface area contributed by atoms with E-state index in [1.165, 1.54) is 31.5 Å². The monoisotopic (exact) mass is 233 g/mol. The number of piperidine rings is 1. The Morgan fingerprint density at radius 3 is 2.41 bits per heavy atom. The van der Waals surface area contributed by atoms with Crippen molar-refractivity contribution >= 4 is 0 Å². The van der Waals surface area contributed by atoms with Crippen molar-refractivity contribution in [2.24, 2.45) is 0 Å². The molecule has 1 aromatic rings. The summed E-state index contributed by atoms with van der Waals surface area (Å²) in [6.07, 6.45) is 4.36. The van der Waals surface area contributed by atoms with Gasteiger partial charge in [-0.2, -0.15) is 0 Å². The van der Waals surface area contributed by atoms with Crippen LogP contribution in [-0.2, 0) is 0 Å². The van der Waals surface area contributed by atoms with Gasteiger partial charge in [-0.25, -0.2) is 9.97 Å². The summed E-state index contributed by atoms with van der Waals surface area (Å²) in [6.45, 7) is 11.0. The number of hydrogen-bond donors (Lipinski definition) is 0. The fraction of sp³-hybridized carbons (Fsp3) is 0.714. The van der Waals surface area contributed by atoms with Crippen molar-refractivity contribution in [3.05, 3.63) is 23.3 Å². The highest BCUT2D eigenvalue weighted by molar-refractivity contribution is 5.15. The molecule has 1 aliphatic heterocycles. The van der Waals surface area contributed by atoms with Crippen molar-refractivity contribution in [1.29, 1.82) is 0 Å². The van der Waals surface area contributed by atoms with Crippen LogP contribution in [0.2, 0.25) is 0 Å². The van der Waals surface area contributed by atoms with Crippen LogP contribution in [0.25, 0.3) is 0 Å². The highest BCUT2D eigenvalue weighted by Crippen LogP contribution is 2.26. The third-order valence-electron chi connectivity index (χ3n) is 3.87. The maximum Gasteiger partial charge on any atom is 0.131 e. The summed E-state index contributed by atoms with van der Waals surface area (Å²) in [5, 5.41) is 0. The van der Waals surface area contributed by atoms with Crippen molar-refractivity contribution in [2.75, 3.05) is 13.1 Å². The summed E-state index contributed by atoms with van der Waals surface area (Å²) in [4.78, 5) is 11.7. The Hall–Kier alpha value is -0.960. The first kappa shape index (κ1) is 12.5. The Balaban J connectivity index is 2.03. The van der Waals surface area contributed by atoms with Gasteiger partial charge < -0.3 is 4.90 Å². The quantitative estimate of drug-likeness (QED) is 0.786. The standard InChI is InChI=1S/C14H23N3/c1-10(2)17-7-5-13(6-8-17)14-15-9-11(3)12(4)16-14/h9-10,13H,5-8H2,1-4H3. The van der Waals surface area contributed by atoms with Gasteiger partial charge >= 0.3 is 0 Å². The van der Waals surface area contributed by atoms with Gasteiger partial charge in [-0.15, -0.1) is 0 Å². The molecule has 3 nitrogen and oxygen atoms in total. The molecule has 1 aromatic heterocycles. The zero-order chi connectivity index (χ0) is 12.4. The number of rotatable bonds is 2. The maximum atomic E-state index is 4.64. The predicted octanol–water partition coefficient (Wildman–Crippen LogP) is 2.68. The molecule has 2 heterocycles. The molecule has 0 saturated carbocycles. The van der Waals surface area contributed by atoms with E-state index in [0.29, 0.717) is 12.0 Å². The Kier molecular flexibility index (Phi) is 3.77. The second kappa shape index (κ2) is 5.13. The number of likely N-dealkylation sites (tertiary alicyclic amines) is 1. The van der Waals surface area contributed by atoms with Gasteiger partial charge in [0.25, 0.3) is 0 Å². The highest BCUT2D eigenvalue weighted by Gasteiger charge is 2.23. The minimum absolute atomic E-state index is 0.560. The Morgan fingerprint density at radius 2 is 1.88 bits per heavy atom. The van der Waals surface area contributed by atoms with Crippen molar-refractivity contribution in [2.45, 2.75) is 52.5 Å². The van der Waals surface area contributed by atoms with E-state index in [0.717, 1.165) is 11.5 Å². The van der Waals surface area contributed by atoms with Gasteiger partial charge in [0, 0.05) is 23.9 Å². The molecule has 2 rings (SSSR count). The van der Waals surface area contributed by atoms with E-state index in [2.05, 4.69) is 42.6 Å². The van der Waals surface area contributed by atoms with Crippen molar-refractivity contribution in [3.8, 4) is 0 Å². The highest BCUT2D eigenvalue weighted by atomic mass is 15.1. The minimum atomic E-state index is 0.560. The summed E-state index contributed by atoms with van der Waals surface area (Å²) in [5.74, 6) is 1.61. The number of hydrogen-bond acceptors (Lipinski definition) is 3. The summed E-state index contributed by atoms with van der Waals surface area (Å²) >= 11 is 0. The van der Waals surface area contributed by atoms with Crippen molar-refractivity contribution < 1.29 is 0 Å². The smallest absolute Gasteiger partial charge is 0.131 e. The third kappa shape index (κ3) is 2.83. The summed E-state index contributed by atoms with van der Waals surface area (Å²) in [5.41, 5.74) is 2.31. The molecular formula is C14H23N3. The number of nitrogens with zero attached hydrogens (tertiary/aromatic N) is 3. The number of aryl methyl sites for hydroxylation is 2. The average molecular weight is 233 g/mol. The van der Waals surface area contributed by atoms with Crippen LogP contribution in [0.1, 0.15) is 49.7 Å². The van der Waals surface area contributed by atoms with Crippen LogP contribution in [0, 0.1) is 13.8 Å². The van der Waals surface area contributed by atoms with Gasteiger partial charge in [0.15, 0.2) is 0 Å². The van der Waals surface area contributed by atoms with Crippen LogP contribution in [0.5, 0.6) is 0 Å². The molecule has 0 aliphatic carbocycles. The molecule has 0 atom stereocenters. The zero-order valence-corrected chi connectivity index (χ0v) is 11.4. The molecule has 94 valence electrons.